The summed E-state index contributed by atoms with van der Waals surface area (Å²) < 4.78 is 10.8. The number of ether oxygens (including phenoxy) is 2. The SMILES string of the molecule is CCN(CC)CCOC(=O)CCN(CC(=O)N(CCC(C)C)CC(=O)C(C)(C)Nc1ccc(N(N)C(=O)N(N)c2ccccc2C)cc1)C(=O)c1cccc(OC)c1. The third-order valence-corrected chi connectivity index (χ3v) is 9.83. The number of Topliss-reactive ketones (excluding diaryl/α,β-unsaturated/α-hetero) is 1. The summed E-state index contributed by atoms with van der Waals surface area (Å²) >= 11 is 0. The smallest absolute Gasteiger partial charge is 0.357 e. The highest BCUT2D eigenvalue weighted by atomic mass is 16.5. The van der Waals surface area contributed by atoms with Crippen LogP contribution in [0.3, 0.4) is 0 Å². The predicted molar refractivity (Wildman–Crippen MR) is 227 cm³/mol. The second kappa shape index (κ2) is 22.4. The van der Waals surface area contributed by atoms with Gasteiger partial charge in [-0.3, -0.25) is 19.2 Å². The topological polar surface area (TPSA) is 184 Å². The average molecular weight is 803 g/mol. The summed E-state index contributed by atoms with van der Waals surface area (Å²) in [6.45, 7) is 15.5. The summed E-state index contributed by atoms with van der Waals surface area (Å²) in [4.78, 5) is 72.6. The number of hydrazine groups is 2. The number of carbonyl (C=O) groups excluding carboxylic acids is 5. The van der Waals surface area contributed by atoms with E-state index in [9.17, 15) is 24.0 Å². The fourth-order valence-corrected chi connectivity index (χ4v) is 5.96. The Kier molecular flexibility index (Phi) is 18.1. The van der Waals surface area contributed by atoms with Crippen LogP contribution < -0.4 is 31.8 Å². The minimum atomic E-state index is -1.14. The zero-order valence-corrected chi connectivity index (χ0v) is 35.3. The highest BCUT2D eigenvalue weighted by Gasteiger charge is 2.32. The van der Waals surface area contributed by atoms with Gasteiger partial charge in [0.25, 0.3) is 5.91 Å². The Balaban J connectivity index is 1.74. The standard InChI is InChI=1S/C43H62N8O7/c1-9-47(10-2)26-27-58-40(54)23-25-49(41(55)33-15-13-16-36(28-33)57-8)30-39(53)48(24-22-31(3)4)29-38(52)43(6,7)46-34-18-20-35(21-19-34)50(44)42(56)51(45)37-17-12-11-14-32(37)5/h11-21,28,31,46H,9-10,22-27,29-30,44-45H2,1-8H3. The van der Waals surface area contributed by atoms with Crippen LogP contribution in [0.2, 0.25) is 0 Å². The number of anilines is 3. The molecular weight excluding hydrogens is 741 g/mol. The van der Waals surface area contributed by atoms with Gasteiger partial charge < -0.3 is 29.5 Å². The Morgan fingerprint density at radius 2 is 1.48 bits per heavy atom. The number of urea groups is 1. The molecule has 0 radical (unpaired) electrons. The molecule has 15 heteroatoms. The second-order valence-electron chi connectivity index (χ2n) is 15.0. The molecule has 0 atom stereocenters. The van der Waals surface area contributed by atoms with E-state index >= 15 is 0 Å². The molecule has 0 spiro atoms. The van der Waals surface area contributed by atoms with Gasteiger partial charge in [-0.15, -0.1) is 0 Å². The van der Waals surface area contributed by atoms with E-state index in [4.69, 9.17) is 21.2 Å². The number of nitrogens with two attached hydrogens (primary N) is 2. The van der Waals surface area contributed by atoms with Crippen LogP contribution in [-0.2, 0) is 19.1 Å². The van der Waals surface area contributed by atoms with E-state index in [0.29, 0.717) is 35.8 Å². The van der Waals surface area contributed by atoms with Gasteiger partial charge in [0.1, 0.15) is 18.9 Å². The Morgan fingerprint density at radius 3 is 2.10 bits per heavy atom. The highest BCUT2D eigenvalue weighted by Crippen LogP contribution is 2.23. The fraction of sp³-hybridized carbons (Fsp3) is 0.465. The highest BCUT2D eigenvalue weighted by molar-refractivity contribution is 6.02. The van der Waals surface area contributed by atoms with E-state index < -0.39 is 29.4 Å². The van der Waals surface area contributed by atoms with Crippen molar-refractivity contribution in [2.24, 2.45) is 17.6 Å². The minimum Gasteiger partial charge on any atom is -0.497 e. The van der Waals surface area contributed by atoms with Crippen molar-refractivity contribution in [1.82, 2.24) is 14.7 Å². The summed E-state index contributed by atoms with van der Waals surface area (Å²) in [5.41, 5.74) is 1.42. The first kappa shape index (κ1) is 46.9. The molecule has 3 rings (SSSR count). The lowest BCUT2D eigenvalue weighted by Gasteiger charge is -2.32. The molecule has 0 aliphatic rings. The van der Waals surface area contributed by atoms with Crippen LogP contribution in [0.25, 0.3) is 0 Å². The van der Waals surface area contributed by atoms with Gasteiger partial charge in [0.15, 0.2) is 5.78 Å². The van der Waals surface area contributed by atoms with Gasteiger partial charge in [-0.25, -0.2) is 26.5 Å². The number of ketones is 1. The van der Waals surface area contributed by atoms with E-state index in [1.807, 2.05) is 46.8 Å². The maximum atomic E-state index is 14.1. The van der Waals surface area contributed by atoms with Crippen molar-refractivity contribution in [2.75, 3.05) is 74.9 Å². The zero-order valence-electron chi connectivity index (χ0n) is 35.3. The number of para-hydroxylation sites is 1. The van der Waals surface area contributed by atoms with Crippen molar-refractivity contribution in [3.8, 4) is 5.75 Å². The Labute approximate surface area is 343 Å². The fourth-order valence-electron chi connectivity index (χ4n) is 5.96. The van der Waals surface area contributed by atoms with Crippen LogP contribution >= 0.6 is 0 Å². The van der Waals surface area contributed by atoms with Crippen LogP contribution in [0, 0.1) is 12.8 Å². The summed E-state index contributed by atoms with van der Waals surface area (Å²) in [5, 5.41) is 5.15. The molecule has 0 aromatic heterocycles. The monoisotopic (exact) mass is 802 g/mol. The average Bonchev–Trinajstić information content (AvgIpc) is 3.21. The number of aryl methyl sites for hydroxylation is 1. The molecule has 316 valence electrons. The van der Waals surface area contributed by atoms with Gasteiger partial charge in [-0.1, -0.05) is 52.0 Å². The van der Waals surface area contributed by atoms with E-state index in [1.54, 1.807) is 74.5 Å². The molecule has 15 nitrogen and oxygen atoms in total. The molecular formula is C43H62N8O7. The summed E-state index contributed by atoms with van der Waals surface area (Å²) in [6, 6.07) is 19.7. The third-order valence-electron chi connectivity index (χ3n) is 9.83. The number of methoxy groups -OCH3 is 1. The molecule has 0 saturated heterocycles. The largest absolute Gasteiger partial charge is 0.497 e. The normalized spacial score (nSPS) is 11.2. The van der Waals surface area contributed by atoms with Gasteiger partial charge >= 0.3 is 12.0 Å². The summed E-state index contributed by atoms with van der Waals surface area (Å²) in [7, 11) is 1.49. The van der Waals surface area contributed by atoms with Crippen molar-refractivity contribution in [1.29, 1.82) is 0 Å². The van der Waals surface area contributed by atoms with Crippen molar-refractivity contribution < 1.29 is 33.4 Å². The van der Waals surface area contributed by atoms with Crippen molar-refractivity contribution in [3.05, 3.63) is 83.9 Å². The molecule has 0 heterocycles. The van der Waals surface area contributed by atoms with Crippen LogP contribution in [0.4, 0.5) is 21.9 Å². The van der Waals surface area contributed by atoms with Crippen LogP contribution in [0.5, 0.6) is 5.75 Å². The lowest BCUT2D eigenvalue weighted by atomic mass is 9.97. The van der Waals surface area contributed by atoms with Gasteiger partial charge in [-0.2, -0.15) is 0 Å². The number of hydrogen-bond acceptors (Lipinski definition) is 11. The van der Waals surface area contributed by atoms with Crippen LogP contribution in [0.1, 0.15) is 70.3 Å². The number of carbonyl (C=O) groups is 5. The second-order valence-corrected chi connectivity index (χ2v) is 15.0. The minimum absolute atomic E-state index is 0.0675. The number of nitrogens with one attached hydrogen (secondary N) is 1. The lowest BCUT2D eigenvalue weighted by Crippen LogP contribution is -2.51. The Bertz CT molecular complexity index is 1830. The molecule has 0 aliphatic heterocycles. The van der Waals surface area contributed by atoms with Gasteiger partial charge in [0.05, 0.1) is 37.0 Å². The van der Waals surface area contributed by atoms with E-state index in [0.717, 1.165) is 28.7 Å². The third kappa shape index (κ3) is 13.9. The predicted octanol–water partition coefficient (Wildman–Crippen LogP) is 5.24. The van der Waals surface area contributed by atoms with Crippen molar-refractivity contribution in [2.45, 2.75) is 66.8 Å². The molecule has 3 aromatic carbocycles. The molecule has 0 aliphatic carbocycles. The van der Waals surface area contributed by atoms with E-state index in [-0.39, 0.29) is 56.5 Å². The zero-order chi connectivity index (χ0) is 43.0. The molecule has 0 bridgehead atoms. The van der Waals surface area contributed by atoms with Crippen molar-refractivity contribution >= 4 is 46.7 Å². The van der Waals surface area contributed by atoms with Gasteiger partial charge in [0, 0.05) is 30.9 Å². The Morgan fingerprint density at radius 1 is 0.810 bits per heavy atom. The number of likely N-dealkylation sites (N-methyl/N-ethyl adjacent to an activating group) is 1. The number of amides is 4. The quantitative estimate of drug-likeness (QED) is 0.0523. The molecule has 0 saturated carbocycles. The molecule has 3 aromatic rings. The number of nitrogens with zero attached hydrogens (tertiary/aromatic N) is 5. The van der Waals surface area contributed by atoms with Gasteiger partial charge in [-0.05, 0) is 100 Å². The summed E-state index contributed by atoms with van der Waals surface area (Å²) in [6.07, 6.45) is 0.505. The number of esters is 1. The molecule has 0 fully saturated rings. The molecule has 5 N–H and O–H groups in total. The van der Waals surface area contributed by atoms with Crippen LogP contribution in [0.15, 0.2) is 72.8 Å². The maximum absolute atomic E-state index is 14.1. The summed E-state index contributed by atoms with van der Waals surface area (Å²) in [5.74, 6) is 11.3. The molecule has 0 unspecified atom stereocenters. The molecule has 58 heavy (non-hydrogen) atoms. The maximum Gasteiger partial charge on any atom is 0.357 e. The number of hydrogen-bond donors (Lipinski definition) is 3. The number of rotatable bonds is 22. The first-order valence-electron chi connectivity index (χ1n) is 19.7. The van der Waals surface area contributed by atoms with Gasteiger partial charge in [0.2, 0.25) is 5.91 Å². The van der Waals surface area contributed by atoms with E-state index in [1.165, 1.54) is 16.9 Å². The van der Waals surface area contributed by atoms with Crippen LogP contribution in [-0.4, -0.2) is 109 Å². The first-order chi connectivity index (χ1) is 27.5. The van der Waals surface area contributed by atoms with E-state index in [2.05, 4.69) is 10.2 Å². The number of benzene rings is 3. The lowest BCUT2D eigenvalue weighted by molar-refractivity contribution is -0.144. The first-order valence-corrected chi connectivity index (χ1v) is 19.7. The van der Waals surface area contributed by atoms with Crippen molar-refractivity contribution in [3.63, 3.8) is 0 Å². The Hall–Kier alpha value is -5.51. The molecule has 4 amide bonds.